The molecule has 0 aromatic carbocycles. The Morgan fingerprint density at radius 1 is 1.30 bits per heavy atom. The van der Waals surface area contributed by atoms with Gasteiger partial charge in [0, 0.05) is 19.6 Å². The summed E-state index contributed by atoms with van der Waals surface area (Å²) in [5.74, 6) is 1.89. The second-order valence-electron chi connectivity index (χ2n) is 5.50. The van der Waals surface area contributed by atoms with Crippen molar-refractivity contribution in [2.45, 2.75) is 64.4 Å². The van der Waals surface area contributed by atoms with Gasteiger partial charge in [-0.15, -0.1) is 0 Å². The first-order valence-corrected chi connectivity index (χ1v) is 7.90. The third kappa shape index (κ3) is 4.28. The summed E-state index contributed by atoms with van der Waals surface area (Å²) in [6.07, 6.45) is 8.63. The van der Waals surface area contributed by atoms with E-state index in [1.54, 1.807) is 0 Å². The lowest BCUT2D eigenvalue weighted by Crippen LogP contribution is -2.20. The van der Waals surface area contributed by atoms with Crippen LogP contribution in [-0.4, -0.2) is 28.5 Å². The molecule has 0 saturated heterocycles. The number of aryl methyl sites for hydroxylation is 1. The summed E-state index contributed by atoms with van der Waals surface area (Å²) in [6, 6.07) is 0. The van der Waals surface area contributed by atoms with Gasteiger partial charge >= 0.3 is 0 Å². The molecule has 1 heterocycles. The van der Waals surface area contributed by atoms with Crippen molar-refractivity contribution in [1.29, 1.82) is 0 Å². The minimum Gasteiger partial charge on any atom is -0.396 e. The van der Waals surface area contributed by atoms with Gasteiger partial charge in [0.05, 0.1) is 0 Å². The number of nitrogens with zero attached hydrogens (tertiary/aromatic N) is 2. The molecule has 5 nitrogen and oxygen atoms in total. The lowest BCUT2D eigenvalue weighted by molar-refractivity contribution is -0.00145. The average molecular weight is 282 g/mol. The van der Waals surface area contributed by atoms with Gasteiger partial charge in [0.1, 0.15) is 6.10 Å². The van der Waals surface area contributed by atoms with Crippen LogP contribution >= 0.6 is 0 Å². The van der Waals surface area contributed by atoms with E-state index in [-0.39, 0.29) is 12.7 Å². The van der Waals surface area contributed by atoms with Crippen LogP contribution in [0.2, 0.25) is 0 Å². The molecule has 5 heteroatoms. The molecule has 20 heavy (non-hydrogen) atoms. The summed E-state index contributed by atoms with van der Waals surface area (Å²) in [6.45, 7) is 2.90. The van der Waals surface area contributed by atoms with Gasteiger partial charge in [-0.2, -0.15) is 4.98 Å². The monoisotopic (exact) mass is 282 g/mol. The number of rotatable bonds is 8. The van der Waals surface area contributed by atoms with Crippen LogP contribution in [0.25, 0.3) is 0 Å². The summed E-state index contributed by atoms with van der Waals surface area (Å²) >= 11 is 0. The highest BCUT2D eigenvalue weighted by Crippen LogP contribution is 2.35. The van der Waals surface area contributed by atoms with Crippen molar-refractivity contribution in [1.82, 2.24) is 10.1 Å². The smallest absolute Gasteiger partial charge is 0.226 e. The quantitative estimate of drug-likeness (QED) is 0.742. The number of aliphatic hydroxyl groups is 1. The Bertz CT molecular complexity index is 375. The zero-order valence-electron chi connectivity index (χ0n) is 12.4. The Balaban J connectivity index is 1.97. The van der Waals surface area contributed by atoms with Crippen molar-refractivity contribution < 1.29 is 14.4 Å². The van der Waals surface area contributed by atoms with Crippen LogP contribution in [0.3, 0.4) is 0 Å². The van der Waals surface area contributed by atoms with Gasteiger partial charge in [-0.1, -0.05) is 24.4 Å². The van der Waals surface area contributed by atoms with Crippen molar-refractivity contribution >= 4 is 0 Å². The maximum absolute atomic E-state index is 8.79. The first-order valence-electron chi connectivity index (χ1n) is 7.90. The van der Waals surface area contributed by atoms with Crippen LogP contribution in [0.5, 0.6) is 0 Å². The number of unbranched alkanes of at least 4 members (excludes halogenated alkanes) is 1. The summed E-state index contributed by atoms with van der Waals surface area (Å²) in [5.41, 5.74) is 0. The predicted molar refractivity (Wildman–Crippen MR) is 75.3 cm³/mol. The highest BCUT2D eigenvalue weighted by atomic mass is 16.5. The fourth-order valence-corrected chi connectivity index (χ4v) is 2.91. The molecule has 0 aliphatic heterocycles. The molecule has 1 atom stereocenters. The molecule has 1 N–H and O–H groups in total. The molecule has 114 valence electrons. The maximum Gasteiger partial charge on any atom is 0.226 e. The molecule has 1 aromatic heterocycles. The molecular formula is C15H26N2O3. The van der Waals surface area contributed by atoms with E-state index in [9.17, 15) is 0 Å². The van der Waals surface area contributed by atoms with Crippen LogP contribution in [0.4, 0.5) is 0 Å². The Morgan fingerprint density at radius 2 is 2.10 bits per heavy atom. The Morgan fingerprint density at radius 3 is 2.80 bits per heavy atom. The first-order chi connectivity index (χ1) is 9.85. The van der Waals surface area contributed by atoms with Crippen molar-refractivity contribution in [3.63, 3.8) is 0 Å². The van der Waals surface area contributed by atoms with E-state index in [2.05, 4.69) is 10.1 Å². The van der Waals surface area contributed by atoms with E-state index in [0.29, 0.717) is 24.2 Å². The molecule has 2 rings (SSSR count). The van der Waals surface area contributed by atoms with Gasteiger partial charge in [0.15, 0.2) is 0 Å². The fraction of sp³-hybridized carbons (Fsp3) is 0.867. The normalized spacial score (nSPS) is 18.3. The van der Waals surface area contributed by atoms with Crippen LogP contribution in [0.1, 0.15) is 69.7 Å². The Labute approximate surface area is 120 Å². The zero-order chi connectivity index (χ0) is 14.2. The van der Waals surface area contributed by atoms with E-state index >= 15 is 0 Å². The molecule has 0 amide bonds. The number of ether oxygens (including phenoxy) is 1. The maximum atomic E-state index is 8.79. The van der Waals surface area contributed by atoms with Gasteiger partial charge in [-0.25, -0.2) is 0 Å². The standard InChI is InChI=1S/C15H26N2O3/c1-2-19-14(12-8-4-3-5-9-12)15-16-13(20-17-15)10-6-7-11-18/h12,14,18H,2-11H2,1H3. The van der Waals surface area contributed by atoms with E-state index in [0.717, 1.165) is 19.3 Å². The van der Waals surface area contributed by atoms with Gasteiger partial charge in [0.25, 0.3) is 0 Å². The van der Waals surface area contributed by atoms with Crippen LogP contribution in [0.15, 0.2) is 4.52 Å². The number of aliphatic hydroxyl groups excluding tert-OH is 1. The molecule has 1 saturated carbocycles. The highest BCUT2D eigenvalue weighted by molar-refractivity contribution is 4.95. The SMILES string of the molecule is CCOC(c1noc(CCCCO)n1)C1CCCCC1. The largest absolute Gasteiger partial charge is 0.396 e. The summed E-state index contributed by atoms with van der Waals surface area (Å²) in [4.78, 5) is 4.49. The summed E-state index contributed by atoms with van der Waals surface area (Å²) < 4.78 is 11.2. The van der Waals surface area contributed by atoms with Crippen molar-refractivity contribution in [3.8, 4) is 0 Å². The molecule has 1 fully saturated rings. The lowest BCUT2D eigenvalue weighted by Gasteiger charge is -2.27. The average Bonchev–Trinajstić information content (AvgIpc) is 2.94. The van der Waals surface area contributed by atoms with Crippen LogP contribution < -0.4 is 0 Å². The third-order valence-electron chi connectivity index (χ3n) is 3.96. The molecule has 1 aromatic rings. The minimum atomic E-state index is -0.0179. The Kier molecular flexibility index (Phi) is 6.47. The number of aromatic nitrogens is 2. The van der Waals surface area contributed by atoms with Gasteiger partial charge in [-0.3, -0.25) is 0 Å². The summed E-state index contributed by atoms with van der Waals surface area (Å²) in [5, 5.41) is 12.9. The van der Waals surface area contributed by atoms with Crippen molar-refractivity contribution in [2.75, 3.05) is 13.2 Å². The van der Waals surface area contributed by atoms with E-state index in [1.165, 1.54) is 32.1 Å². The number of hydrogen-bond donors (Lipinski definition) is 1. The number of hydrogen-bond acceptors (Lipinski definition) is 5. The molecule has 0 radical (unpaired) electrons. The zero-order valence-corrected chi connectivity index (χ0v) is 12.4. The summed E-state index contributed by atoms with van der Waals surface area (Å²) in [7, 11) is 0. The van der Waals surface area contributed by atoms with Gasteiger partial charge < -0.3 is 14.4 Å². The molecule has 1 aliphatic rings. The van der Waals surface area contributed by atoms with Crippen molar-refractivity contribution in [2.24, 2.45) is 5.92 Å². The molecule has 0 spiro atoms. The highest BCUT2D eigenvalue weighted by Gasteiger charge is 2.29. The predicted octanol–water partition coefficient (Wildman–Crippen LogP) is 3.04. The van der Waals surface area contributed by atoms with Crippen LogP contribution in [0, 0.1) is 5.92 Å². The topological polar surface area (TPSA) is 68.4 Å². The molecular weight excluding hydrogens is 256 g/mol. The van der Waals surface area contributed by atoms with Crippen molar-refractivity contribution in [3.05, 3.63) is 11.7 Å². The molecule has 1 unspecified atom stereocenters. The van der Waals surface area contributed by atoms with Gasteiger partial charge in [-0.05, 0) is 38.5 Å². The lowest BCUT2D eigenvalue weighted by atomic mass is 9.85. The third-order valence-corrected chi connectivity index (χ3v) is 3.96. The first kappa shape index (κ1) is 15.4. The minimum absolute atomic E-state index is 0.0179. The van der Waals surface area contributed by atoms with E-state index in [1.807, 2.05) is 6.92 Å². The molecule has 1 aliphatic carbocycles. The second-order valence-corrected chi connectivity index (χ2v) is 5.50. The fourth-order valence-electron chi connectivity index (χ4n) is 2.91. The van der Waals surface area contributed by atoms with Crippen LogP contribution in [-0.2, 0) is 11.2 Å². The van der Waals surface area contributed by atoms with E-state index in [4.69, 9.17) is 14.4 Å². The van der Waals surface area contributed by atoms with Gasteiger partial charge in [0.2, 0.25) is 11.7 Å². The molecule has 0 bridgehead atoms. The van der Waals surface area contributed by atoms with E-state index < -0.39 is 0 Å². The Hall–Kier alpha value is -0.940. The second kappa shape index (κ2) is 8.37.